The Labute approximate surface area is 123 Å². The van der Waals surface area contributed by atoms with Gasteiger partial charge < -0.3 is 15.2 Å². The molecule has 6 nitrogen and oxygen atoms in total. The second-order valence-electron chi connectivity index (χ2n) is 4.75. The van der Waals surface area contributed by atoms with Gasteiger partial charge in [0.05, 0.1) is 0 Å². The number of hydrogen-bond donors (Lipinski definition) is 2. The van der Waals surface area contributed by atoms with E-state index in [1.165, 1.54) is 0 Å². The van der Waals surface area contributed by atoms with Gasteiger partial charge in [-0.05, 0) is 18.9 Å². The van der Waals surface area contributed by atoms with Crippen molar-refractivity contribution in [1.82, 2.24) is 5.32 Å². The highest BCUT2D eigenvalue weighted by atomic mass is 16.5. The molecule has 0 heterocycles. The summed E-state index contributed by atoms with van der Waals surface area (Å²) in [6.07, 6.45) is -0.540. The number of carboxylic acid groups (broad SMARTS) is 1. The number of aliphatic carboxylic acids is 1. The third-order valence-electron chi connectivity index (χ3n) is 2.78. The maximum Gasteiger partial charge on any atom is 0.407 e. The van der Waals surface area contributed by atoms with Gasteiger partial charge in [0.2, 0.25) is 0 Å². The molecule has 0 spiro atoms. The number of Topliss-reactive ketones (excluding diaryl/α,β-unsaturated/α-hetero) is 1. The van der Waals surface area contributed by atoms with Crippen LogP contribution in [0.5, 0.6) is 0 Å². The molecule has 0 fully saturated rings. The molecule has 0 aliphatic carbocycles. The molecule has 1 aromatic carbocycles. The van der Waals surface area contributed by atoms with Gasteiger partial charge in [-0.25, -0.2) is 4.79 Å². The zero-order valence-corrected chi connectivity index (χ0v) is 11.9. The van der Waals surface area contributed by atoms with E-state index in [4.69, 9.17) is 9.84 Å². The molecule has 0 saturated carbocycles. The van der Waals surface area contributed by atoms with E-state index >= 15 is 0 Å². The summed E-state index contributed by atoms with van der Waals surface area (Å²) in [5, 5.41) is 11.1. The van der Waals surface area contributed by atoms with Crippen LogP contribution >= 0.6 is 0 Å². The fourth-order valence-electron chi connectivity index (χ4n) is 1.67. The van der Waals surface area contributed by atoms with Crippen LogP contribution in [0.25, 0.3) is 0 Å². The lowest BCUT2D eigenvalue weighted by atomic mass is 10.1. The lowest BCUT2D eigenvalue weighted by Crippen LogP contribution is -2.33. The highest BCUT2D eigenvalue weighted by Crippen LogP contribution is 2.03. The van der Waals surface area contributed by atoms with Gasteiger partial charge in [0, 0.05) is 12.5 Å². The van der Waals surface area contributed by atoms with Crippen LogP contribution in [0.2, 0.25) is 0 Å². The lowest BCUT2D eigenvalue weighted by molar-refractivity contribution is -0.140. The third kappa shape index (κ3) is 7.71. The van der Waals surface area contributed by atoms with Crippen molar-refractivity contribution >= 4 is 17.8 Å². The molecule has 0 saturated heterocycles. The van der Waals surface area contributed by atoms with E-state index in [0.29, 0.717) is 6.42 Å². The molecule has 21 heavy (non-hydrogen) atoms. The van der Waals surface area contributed by atoms with Crippen molar-refractivity contribution < 1.29 is 24.2 Å². The first-order valence-corrected chi connectivity index (χ1v) is 6.68. The molecule has 0 aliphatic rings. The standard InChI is InChI=1S/C15H19NO5/c1-11(7-8-13(17)9-14(18)19)16-15(20)21-10-12-5-3-2-4-6-12/h2-6,11H,7-10H2,1H3,(H,16,20)(H,18,19). The number of ether oxygens (including phenoxy) is 1. The molecule has 6 heteroatoms. The predicted molar refractivity (Wildman–Crippen MR) is 75.7 cm³/mol. The highest BCUT2D eigenvalue weighted by Gasteiger charge is 2.12. The van der Waals surface area contributed by atoms with Crippen LogP contribution in [0.1, 0.15) is 31.7 Å². The molecule has 0 bridgehead atoms. The van der Waals surface area contributed by atoms with E-state index in [1.54, 1.807) is 6.92 Å². The Morgan fingerprint density at radius 2 is 1.90 bits per heavy atom. The first-order chi connectivity index (χ1) is 9.97. The molecule has 1 amide bonds. The van der Waals surface area contributed by atoms with Crippen LogP contribution in [-0.2, 0) is 20.9 Å². The normalized spacial score (nSPS) is 11.5. The molecular weight excluding hydrogens is 274 g/mol. The molecule has 0 aromatic heterocycles. The molecule has 0 aliphatic heterocycles. The molecule has 1 unspecified atom stereocenters. The summed E-state index contributed by atoms with van der Waals surface area (Å²) in [6, 6.07) is 9.02. The number of carboxylic acids is 1. The summed E-state index contributed by atoms with van der Waals surface area (Å²) in [6.45, 7) is 1.91. The van der Waals surface area contributed by atoms with Gasteiger partial charge in [0.15, 0.2) is 0 Å². The minimum Gasteiger partial charge on any atom is -0.481 e. The number of benzene rings is 1. The van der Waals surface area contributed by atoms with Crippen LogP contribution in [0.15, 0.2) is 30.3 Å². The van der Waals surface area contributed by atoms with Gasteiger partial charge in [-0.3, -0.25) is 9.59 Å². The molecule has 114 valence electrons. The van der Waals surface area contributed by atoms with Gasteiger partial charge in [0.1, 0.15) is 18.8 Å². The van der Waals surface area contributed by atoms with E-state index in [2.05, 4.69) is 5.32 Å². The number of carbonyl (C=O) groups is 3. The quantitative estimate of drug-likeness (QED) is 0.716. The van der Waals surface area contributed by atoms with Crippen LogP contribution in [0, 0.1) is 0 Å². The monoisotopic (exact) mass is 293 g/mol. The zero-order chi connectivity index (χ0) is 15.7. The summed E-state index contributed by atoms with van der Waals surface area (Å²) in [5.74, 6) is -1.49. The minimum absolute atomic E-state index is 0.117. The topological polar surface area (TPSA) is 92.7 Å². The first-order valence-electron chi connectivity index (χ1n) is 6.68. The van der Waals surface area contributed by atoms with E-state index < -0.39 is 18.5 Å². The molecule has 1 aromatic rings. The largest absolute Gasteiger partial charge is 0.481 e. The number of carbonyl (C=O) groups excluding carboxylic acids is 2. The van der Waals surface area contributed by atoms with Crippen molar-refractivity contribution in [3.8, 4) is 0 Å². The van der Waals surface area contributed by atoms with Crippen molar-refractivity contribution in [3.05, 3.63) is 35.9 Å². The van der Waals surface area contributed by atoms with Crippen molar-refractivity contribution in [2.24, 2.45) is 0 Å². The third-order valence-corrected chi connectivity index (χ3v) is 2.78. The lowest BCUT2D eigenvalue weighted by Gasteiger charge is -2.13. The van der Waals surface area contributed by atoms with Crippen molar-refractivity contribution in [1.29, 1.82) is 0 Å². The Hall–Kier alpha value is -2.37. The SMILES string of the molecule is CC(CCC(=O)CC(=O)O)NC(=O)OCc1ccccc1. The fraction of sp³-hybridized carbons (Fsp3) is 0.400. The van der Waals surface area contributed by atoms with E-state index in [-0.39, 0.29) is 24.9 Å². The van der Waals surface area contributed by atoms with Gasteiger partial charge in [-0.1, -0.05) is 30.3 Å². The maximum atomic E-state index is 11.5. The van der Waals surface area contributed by atoms with E-state index in [0.717, 1.165) is 5.56 Å². The number of nitrogens with one attached hydrogen (secondary N) is 1. The van der Waals surface area contributed by atoms with Crippen molar-refractivity contribution in [2.45, 2.75) is 38.8 Å². The second kappa shape index (κ2) is 8.73. The van der Waals surface area contributed by atoms with E-state index in [9.17, 15) is 14.4 Å². The van der Waals surface area contributed by atoms with Crippen LogP contribution in [-0.4, -0.2) is 29.0 Å². The average molecular weight is 293 g/mol. The predicted octanol–water partition coefficient (Wildman–Crippen LogP) is 2.13. The van der Waals surface area contributed by atoms with Crippen LogP contribution < -0.4 is 5.32 Å². The summed E-state index contributed by atoms with van der Waals surface area (Å²) in [4.78, 5) is 33.1. The number of rotatable bonds is 8. The summed E-state index contributed by atoms with van der Waals surface area (Å²) >= 11 is 0. The Morgan fingerprint density at radius 1 is 1.24 bits per heavy atom. The fourth-order valence-corrected chi connectivity index (χ4v) is 1.67. The van der Waals surface area contributed by atoms with Gasteiger partial charge in [-0.15, -0.1) is 0 Å². The number of alkyl carbamates (subject to hydrolysis) is 1. The zero-order valence-electron chi connectivity index (χ0n) is 11.9. The molecule has 1 atom stereocenters. The Bertz CT molecular complexity index is 486. The molecule has 1 rings (SSSR count). The summed E-state index contributed by atoms with van der Waals surface area (Å²) in [5.41, 5.74) is 0.886. The Balaban J connectivity index is 2.21. The van der Waals surface area contributed by atoms with Crippen LogP contribution in [0.3, 0.4) is 0 Å². The second-order valence-corrected chi connectivity index (χ2v) is 4.75. The van der Waals surface area contributed by atoms with Crippen molar-refractivity contribution in [3.63, 3.8) is 0 Å². The number of amides is 1. The molecule has 0 radical (unpaired) electrons. The van der Waals surface area contributed by atoms with E-state index in [1.807, 2.05) is 30.3 Å². The maximum absolute atomic E-state index is 11.5. The molecule has 2 N–H and O–H groups in total. The minimum atomic E-state index is -1.14. The first kappa shape index (κ1) is 16.7. The Morgan fingerprint density at radius 3 is 2.52 bits per heavy atom. The number of ketones is 1. The van der Waals surface area contributed by atoms with Gasteiger partial charge in [0.25, 0.3) is 0 Å². The summed E-state index contributed by atoms with van der Waals surface area (Å²) in [7, 11) is 0. The van der Waals surface area contributed by atoms with Crippen molar-refractivity contribution in [2.75, 3.05) is 0 Å². The smallest absolute Gasteiger partial charge is 0.407 e. The molecular formula is C15H19NO5. The Kier molecular flexibility index (Phi) is 6.94. The van der Waals surface area contributed by atoms with Gasteiger partial charge >= 0.3 is 12.1 Å². The average Bonchev–Trinajstić information content (AvgIpc) is 2.43. The van der Waals surface area contributed by atoms with Gasteiger partial charge in [-0.2, -0.15) is 0 Å². The van der Waals surface area contributed by atoms with Crippen LogP contribution in [0.4, 0.5) is 4.79 Å². The summed E-state index contributed by atoms with van der Waals surface area (Å²) < 4.78 is 5.04. The number of hydrogen-bond acceptors (Lipinski definition) is 4. The highest BCUT2D eigenvalue weighted by molar-refractivity contribution is 5.94.